The monoisotopic (exact) mass is 246 g/mol. The van der Waals surface area contributed by atoms with Gasteiger partial charge in [0.15, 0.2) is 0 Å². The molecular formula is C13H14N2O3. The maximum Gasteiger partial charge on any atom is 0.316 e. The molecule has 1 aromatic carbocycles. The molecule has 0 fully saturated rings. The smallest absolute Gasteiger partial charge is 0.316 e. The molecule has 0 aliphatic heterocycles. The third-order valence-electron chi connectivity index (χ3n) is 2.88. The molecule has 5 nitrogen and oxygen atoms in total. The molecular weight excluding hydrogens is 232 g/mol. The molecule has 1 N–H and O–H groups in total. The van der Waals surface area contributed by atoms with Gasteiger partial charge in [0.05, 0.1) is 12.6 Å². The number of methoxy groups -OCH3 is 1. The summed E-state index contributed by atoms with van der Waals surface area (Å²) in [4.78, 5) is 19.6. The van der Waals surface area contributed by atoms with Crippen molar-refractivity contribution in [3.8, 4) is 5.75 Å². The summed E-state index contributed by atoms with van der Waals surface area (Å²) in [7, 11) is 1.59. The lowest BCUT2D eigenvalue weighted by atomic mass is 9.92. The van der Waals surface area contributed by atoms with Crippen molar-refractivity contribution in [1.82, 2.24) is 9.97 Å². The first-order chi connectivity index (χ1) is 8.45. The van der Waals surface area contributed by atoms with Crippen LogP contribution in [0.5, 0.6) is 5.75 Å². The molecule has 94 valence electrons. The second kappa shape index (κ2) is 4.25. The second-order valence-corrected chi connectivity index (χ2v) is 4.55. The van der Waals surface area contributed by atoms with Gasteiger partial charge in [-0.25, -0.2) is 9.97 Å². The van der Waals surface area contributed by atoms with Gasteiger partial charge in [-0.2, -0.15) is 0 Å². The molecule has 0 saturated heterocycles. The number of hydrogen-bond donors (Lipinski definition) is 1. The summed E-state index contributed by atoms with van der Waals surface area (Å²) >= 11 is 0. The lowest BCUT2D eigenvalue weighted by molar-refractivity contribution is -0.142. The van der Waals surface area contributed by atoms with Crippen molar-refractivity contribution >= 4 is 16.9 Å². The molecule has 0 saturated carbocycles. The molecule has 0 aliphatic rings. The van der Waals surface area contributed by atoms with Gasteiger partial charge >= 0.3 is 5.97 Å². The molecule has 0 aliphatic carbocycles. The molecule has 1 heterocycles. The molecule has 18 heavy (non-hydrogen) atoms. The number of nitrogens with zero attached hydrogens (tertiary/aromatic N) is 2. The summed E-state index contributed by atoms with van der Waals surface area (Å²) < 4.78 is 5.11. The van der Waals surface area contributed by atoms with Crippen molar-refractivity contribution in [3.63, 3.8) is 0 Å². The van der Waals surface area contributed by atoms with Crippen molar-refractivity contribution in [1.29, 1.82) is 0 Å². The predicted octanol–water partition coefficient (Wildman–Crippen LogP) is 2.00. The van der Waals surface area contributed by atoms with Gasteiger partial charge in [0.25, 0.3) is 0 Å². The fourth-order valence-electron chi connectivity index (χ4n) is 1.54. The van der Waals surface area contributed by atoms with Crippen molar-refractivity contribution in [2.45, 2.75) is 19.3 Å². The number of carboxylic acids is 1. The van der Waals surface area contributed by atoms with Gasteiger partial charge in [0.1, 0.15) is 17.0 Å². The Kier molecular flexibility index (Phi) is 2.90. The van der Waals surface area contributed by atoms with E-state index in [1.807, 2.05) is 6.07 Å². The van der Waals surface area contributed by atoms with Crippen LogP contribution in [0.3, 0.4) is 0 Å². The zero-order valence-electron chi connectivity index (χ0n) is 10.5. The quantitative estimate of drug-likeness (QED) is 0.896. The van der Waals surface area contributed by atoms with Gasteiger partial charge < -0.3 is 9.84 Å². The van der Waals surface area contributed by atoms with Gasteiger partial charge in [-0.05, 0) is 32.0 Å². The highest BCUT2D eigenvalue weighted by Crippen LogP contribution is 2.23. The number of aliphatic carboxylic acids is 1. The Hall–Kier alpha value is -2.17. The number of carboxylic acid groups (broad SMARTS) is 1. The highest BCUT2D eigenvalue weighted by Gasteiger charge is 2.32. The number of fused-ring (bicyclic) bond motifs is 1. The number of carbonyl (C=O) groups is 1. The Morgan fingerprint density at radius 1 is 1.39 bits per heavy atom. The van der Waals surface area contributed by atoms with Crippen LogP contribution in [0.4, 0.5) is 0 Å². The van der Waals surface area contributed by atoms with E-state index in [0.29, 0.717) is 11.3 Å². The summed E-state index contributed by atoms with van der Waals surface area (Å²) in [6, 6.07) is 5.39. The Balaban J connectivity index is 2.55. The summed E-state index contributed by atoms with van der Waals surface area (Å²) in [5.74, 6) is 0.0689. The first-order valence-electron chi connectivity index (χ1n) is 5.50. The molecule has 2 aromatic rings. The Morgan fingerprint density at radius 2 is 2.11 bits per heavy atom. The minimum Gasteiger partial charge on any atom is -0.497 e. The van der Waals surface area contributed by atoms with Crippen LogP contribution in [0, 0.1) is 0 Å². The molecule has 0 atom stereocenters. The lowest BCUT2D eigenvalue weighted by Crippen LogP contribution is -2.30. The average Bonchev–Trinajstić information content (AvgIpc) is 2.37. The number of aromatic nitrogens is 2. The van der Waals surface area contributed by atoms with Gasteiger partial charge in [-0.15, -0.1) is 0 Å². The summed E-state index contributed by atoms with van der Waals surface area (Å²) in [6.45, 7) is 3.17. The molecule has 0 unspecified atom stereocenters. The summed E-state index contributed by atoms with van der Waals surface area (Å²) in [6.07, 6.45) is 1.62. The third-order valence-corrected chi connectivity index (χ3v) is 2.88. The van der Waals surface area contributed by atoms with Crippen molar-refractivity contribution in [3.05, 3.63) is 30.2 Å². The molecule has 0 spiro atoms. The van der Waals surface area contributed by atoms with Crippen LogP contribution in [0.15, 0.2) is 24.4 Å². The number of rotatable bonds is 3. The minimum atomic E-state index is -1.10. The largest absolute Gasteiger partial charge is 0.497 e. The van der Waals surface area contributed by atoms with E-state index >= 15 is 0 Å². The number of ether oxygens (including phenoxy) is 1. The molecule has 2 rings (SSSR count). The zero-order chi connectivity index (χ0) is 13.3. The fourth-order valence-corrected chi connectivity index (χ4v) is 1.54. The standard InChI is InChI=1S/C13H14N2O3/c1-13(2,12(16)17)11-14-7-8-6-9(18-3)4-5-10(8)15-11/h4-7H,1-3H3,(H,16,17). The first-order valence-corrected chi connectivity index (χ1v) is 5.50. The summed E-state index contributed by atoms with van der Waals surface area (Å²) in [5, 5.41) is 9.97. The summed E-state index contributed by atoms with van der Waals surface area (Å²) in [5.41, 5.74) is -0.399. The van der Waals surface area contributed by atoms with Crippen molar-refractivity contribution in [2.24, 2.45) is 0 Å². The molecule has 0 radical (unpaired) electrons. The van der Waals surface area contributed by atoms with E-state index in [4.69, 9.17) is 9.84 Å². The Bertz CT molecular complexity index is 608. The Morgan fingerprint density at radius 3 is 2.72 bits per heavy atom. The van der Waals surface area contributed by atoms with E-state index in [1.54, 1.807) is 39.3 Å². The van der Waals surface area contributed by atoms with E-state index in [2.05, 4.69) is 9.97 Å². The maximum atomic E-state index is 11.2. The average molecular weight is 246 g/mol. The Labute approximate surface area is 104 Å². The van der Waals surface area contributed by atoms with Crippen LogP contribution < -0.4 is 4.74 Å². The minimum absolute atomic E-state index is 0.299. The van der Waals surface area contributed by atoms with E-state index < -0.39 is 11.4 Å². The SMILES string of the molecule is COc1ccc2nc(C(C)(C)C(=O)O)ncc2c1. The molecule has 5 heteroatoms. The first kappa shape index (κ1) is 12.3. The molecule has 0 amide bonds. The second-order valence-electron chi connectivity index (χ2n) is 4.55. The van der Waals surface area contributed by atoms with Crippen LogP contribution in [-0.4, -0.2) is 28.2 Å². The van der Waals surface area contributed by atoms with E-state index in [0.717, 1.165) is 11.1 Å². The van der Waals surface area contributed by atoms with Gasteiger partial charge in [0, 0.05) is 11.6 Å². The maximum absolute atomic E-state index is 11.2. The highest BCUT2D eigenvalue weighted by atomic mass is 16.5. The van der Waals surface area contributed by atoms with Crippen LogP contribution >= 0.6 is 0 Å². The van der Waals surface area contributed by atoms with Crippen LogP contribution in [0.1, 0.15) is 19.7 Å². The van der Waals surface area contributed by atoms with Gasteiger partial charge in [-0.1, -0.05) is 0 Å². The van der Waals surface area contributed by atoms with E-state index in [-0.39, 0.29) is 0 Å². The normalized spacial score (nSPS) is 11.5. The van der Waals surface area contributed by atoms with Crippen LogP contribution in [0.2, 0.25) is 0 Å². The highest BCUT2D eigenvalue weighted by molar-refractivity contribution is 5.82. The van der Waals surface area contributed by atoms with Gasteiger partial charge in [0.2, 0.25) is 0 Å². The predicted molar refractivity (Wildman–Crippen MR) is 66.8 cm³/mol. The van der Waals surface area contributed by atoms with E-state index in [1.165, 1.54) is 0 Å². The zero-order valence-corrected chi connectivity index (χ0v) is 10.5. The number of benzene rings is 1. The van der Waals surface area contributed by atoms with Gasteiger partial charge in [-0.3, -0.25) is 4.79 Å². The molecule has 0 bridgehead atoms. The van der Waals surface area contributed by atoms with Crippen molar-refractivity contribution < 1.29 is 14.6 Å². The fraction of sp³-hybridized carbons (Fsp3) is 0.308. The van der Waals surface area contributed by atoms with Crippen LogP contribution in [0.25, 0.3) is 10.9 Å². The lowest BCUT2D eigenvalue weighted by Gasteiger charge is -2.17. The van der Waals surface area contributed by atoms with Crippen molar-refractivity contribution in [2.75, 3.05) is 7.11 Å². The third kappa shape index (κ3) is 1.99. The van der Waals surface area contributed by atoms with Crippen LogP contribution in [-0.2, 0) is 10.2 Å². The topological polar surface area (TPSA) is 72.3 Å². The molecule has 1 aromatic heterocycles. The number of hydrogen-bond acceptors (Lipinski definition) is 4. The van der Waals surface area contributed by atoms with E-state index in [9.17, 15) is 4.79 Å².